The quantitative estimate of drug-likeness (QED) is 0.722. The van der Waals surface area contributed by atoms with E-state index in [9.17, 15) is 9.59 Å². The SMILES string of the molecule is Cc1ccc(CSCCNC(=O)C2CSCN2C(=O)c2ccccc2)cc1. The molecule has 2 aromatic carbocycles. The number of nitrogens with one attached hydrogen (secondary N) is 1. The van der Waals surface area contributed by atoms with Gasteiger partial charge in [0, 0.05) is 29.4 Å². The lowest BCUT2D eigenvalue weighted by molar-refractivity contribution is -0.124. The molecule has 1 N–H and O–H groups in total. The maximum absolute atomic E-state index is 12.6. The largest absolute Gasteiger partial charge is 0.353 e. The zero-order valence-electron chi connectivity index (χ0n) is 15.4. The molecule has 0 spiro atoms. The van der Waals surface area contributed by atoms with Crippen LogP contribution in [0.3, 0.4) is 0 Å². The predicted octanol–water partition coefficient (Wildman–Crippen LogP) is 3.56. The van der Waals surface area contributed by atoms with Crippen molar-refractivity contribution >= 4 is 35.3 Å². The number of rotatable bonds is 7. The van der Waals surface area contributed by atoms with Gasteiger partial charge in [-0.2, -0.15) is 11.8 Å². The number of hydrogen-bond donors (Lipinski definition) is 1. The van der Waals surface area contributed by atoms with Gasteiger partial charge in [0.05, 0.1) is 5.88 Å². The minimum Gasteiger partial charge on any atom is -0.353 e. The molecule has 0 radical (unpaired) electrons. The van der Waals surface area contributed by atoms with Crippen molar-refractivity contribution in [3.05, 3.63) is 71.3 Å². The second-order valence-corrected chi connectivity index (χ2v) is 8.59. The van der Waals surface area contributed by atoms with Gasteiger partial charge in [-0.1, -0.05) is 48.0 Å². The van der Waals surface area contributed by atoms with Gasteiger partial charge < -0.3 is 10.2 Å². The van der Waals surface area contributed by atoms with Crippen LogP contribution in [0.1, 0.15) is 21.5 Å². The first-order valence-corrected chi connectivity index (χ1v) is 11.3. The molecule has 1 aliphatic rings. The smallest absolute Gasteiger partial charge is 0.255 e. The molecule has 2 aromatic rings. The minimum atomic E-state index is -0.384. The summed E-state index contributed by atoms with van der Waals surface area (Å²) in [5.74, 6) is 2.88. The molecule has 1 unspecified atom stereocenters. The highest BCUT2D eigenvalue weighted by molar-refractivity contribution is 7.99. The Hall–Kier alpha value is -1.92. The molecule has 1 saturated heterocycles. The summed E-state index contributed by atoms with van der Waals surface area (Å²) in [5.41, 5.74) is 3.19. The summed E-state index contributed by atoms with van der Waals surface area (Å²) >= 11 is 3.42. The zero-order valence-corrected chi connectivity index (χ0v) is 17.0. The minimum absolute atomic E-state index is 0.0554. The number of carbonyl (C=O) groups excluding carboxylic acids is 2. The second kappa shape index (κ2) is 9.85. The van der Waals surface area contributed by atoms with E-state index in [4.69, 9.17) is 0 Å². The van der Waals surface area contributed by atoms with Crippen LogP contribution in [-0.4, -0.2) is 46.7 Å². The van der Waals surface area contributed by atoms with Crippen molar-refractivity contribution in [3.8, 4) is 0 Å². The van der Waals surface area contributed by atoms with Crippen LogP contribution in [0.5, 0.6) is 0 Å². The maximum Gasteiger partial charge on any atom is 0.255 e. The van der Waals surface area contributed by atoms with E-state index in [-0.39, 0.29) is 17.9 Å². The zero-order chi connectivity index (χ0) is 19.1. The number of amides is 2. The molecule has 1 atom stereocenters. The Kier molecular flexibility index (Phi) is 7.24. The molecule has 2 amide bonds. The number of aryl methyl sites for hydroxylation is 1. The standard InChI is InChI=1S/C21H24N2O2S2/c1-16-7-9-17(10-8-16)13-26-12-11-22-20(24)19-14-27-15-23(19)21(25)18-5-3-2-4-6-18/h2-10,19H,11-15H2,1H3,(H,22,24). The Morgan fingerprint density at radius 2 is 1.89 bits per heavy atom. The Bertz CT molecular complexity index is 766. The molecule has 0 aromatic heterocycles. The molecule has 1 fully saturated rings. The first-order valence-electron chi connectivity index (χ1n) is 9.00. The average molecular weight is 401 g/mol. The summed E-state index contributed by atoms with van der Waals surface area (Å²) in [7, 11) is 0. The van der Waals surface area contributed by atoms with Crippen LogP contribution in [0.2, 0.25) is 0 Å². The molecular formula is C21H24N2O2S2. The van der Waals surface area contributed by atoms with Crippen LogP contribution in [0.4, 0.5) is 0 Å². The fourth-order valence-electron chi connectivity index (χ4n) is 2.85. The third kappa shape index (κ3) is 5.53. The molecule has 0 aliphatic carbocycles. The predicted molar refractivity (Wildman–Crippen MR) is 114 cm³/mol. The van der Waals surface area contributed by atoms with E-state index < -0.39 is 0 Å². The van der Waals surface area contributed by atoms with Gasteiger partial charge in [0.15, 0.2) is 0 Å². The summed E-state index contributed by atoms with van der Waals surface area (Å²) in [6, 6.07) is 17.3. The second-order valence-electron chi connectivity index (χ2n) is 6.49. The van der Waals surface area contributed by atoms with Gasteiger partial charge in [-0.05, 0) is 24.6 Å². The molecule has 6 heteroatoms. The fraction of sp³-hybridized carbons (Fsp3) is 0.333. The number of carbonyl (C=O) groups is 2. The molecular weight excluding hydrogens is 376 g/mol. The van der Waals surface area contributed by atoms with Gasteiger partial charge in [-0.15, -0.1) is 11.8 Å². The van der Waals surface area contributed by atoms with Crippen molar-refractivity contribution in [2.24, 2.45) is 0 Å². The molecule has 0 saturated carbocycles. The van der Waals surface area contributed by atoms with E-state index in [2.05, 4.69) is 36.5 Å². The van der Waals surface area contributed by atoms with Gasteiger partial charge >= 0.3 is 0 Å². The van der Waals surface area contributed by atoms with Crippen molar-refractivity contribution < 1.29 is 9.59 Å². The molecule has 1 heterocycles. The molecule has 1 aliphatic heterocycles. The van der Waals surface area contributed by atoms with E-state index in [0.717, 1.165) is 11.5 Å². The van der Waals surface area contributed by atoms with Crippen LogP contribution in [0.15, 0.2) is 54.6 Å². The van der Waals surface area contributed by atoms with Crippen LogP contribution < -0.4 is 5.32 Å². The lowest BCUT2D eigenvalue weighted by Crippen LogP contribution is -2.47. The maximum atomic E-state index is 12.6. The molecule has 142 valence electrons. The van der Waals surface area contributed by atoms with Crippen molar-refractivity contribution in [2.45, 2.75) is 18.7 Å². The van der Waals surface area contributed by atoms with E-state index in [1.165, 1.54) is 11.1 Å². The van der Waals surface area contributed by atoms with E-state index in [0.29, 0.717) is 23.7 Å². The Balaban J connectivity index is 1.43. The van der Waals surface area contributed by atoms with E-state index >= 15 is 0 Å². The fourth-order valence-corrected chi connectivity index (χ4v) is 4.82. The topological polar surface area (TPSA) is 49.4 Å². The molecule has 4 nitrogen and oxygen atoms in total. The van der Waals surface area contributed by atoms with Crippen molar-refractivity contribution in [3.63, 3.8) is 0 Å². The summed E-state index contributed by atoms with van der Waals surface area (Å²) in [6.07, 6.45) is 0. The molecule has 3 rings (SSSR count). The third-order valence-electron chi connectivity index (χ3n) is 4.40. The molecule has 27 heavy (non-hydrogen) atoms. The van der Waals surface area contributed by atoms with Crippen LogP contribution in [0.25, 0.3) is 0 Å². The first-order chi connectivity index (χ1) is 13.1. The monoisotopic (exact) mass is 400 g/mol. The van der Waals surface area contributed by atoms with Crippen molar-refractivity contribution in [1.29, 1.82) is 0 Å². The number of benzene rings is 2. The van der Waals surface area contributed by atoms with Crippen molar-refractivity contribution in [2.75, 3.05) is 23.9 Å². The summed E-state index contributed by atoms with van der Waals surface area (Å²) in [5, 5.41) is 2.99. The van der Waals surface area contributed by atoms with E-state index in [1.807, 2.05) is 18.2 Å². The van der Waals surface area contributed by atoms with Crippen molar-refractivity contribution in [1.82, 2.24) is 10.2 Å². The number of hydrogen-bond acceptors (Lipinski definition) is 4. The number of nitrogens with zero attached hydrogens (tertiary/aromatic N) is 1. The average Bonchev–Trinajstić information content (AvgIpc) is 3.19. The molecule has 0 bridgehead atoms. The first kappa shape index (κ1) is 19.8. The van der Waals surface area contributed by atoms with Crippen LogP contribution in [-0.2, 0) is 10.5 Å². The summed E-state index contributed by atoms with van der Waals surface area (Å²) in [4.78, 5) is 26.9. The van der Waals surface area contributed by atoms with Gasteiger partial charge in [-0.25, -0.2) is 0 Å². The number of thioether (sulfide) groups is 2. The Morgan fingerprint density at radius 3 is 2.63 bits per heavy atom. The summed E-state index contributed by atoms with van der Waals surface area (Å²) < 4.78 is 0. The lowest BCUT2D eigenvalue weighted by Gasteiger charge is -2.23. The third-order valence-corrected chi connectivity index (χ3v) is 6.44. The van der Waals surface area contributed by atoms with E-state index in [1.54, 1.807) is 40.6 Å². The van der Waals surface area contributed by atoms with Gasteiger partial charge in [0.2, 0.25) is 5.91 Å². The lowest BCUT2D eigenvalue weighted by atomic mass is 10.1. The van der Waals surface area contributed by atoms with Crippen LogP contribution >= 0.6 is 23.5 Å². The Morgan fingerprint density at radius 1 is 1.15 bits per heavy atom. The van der Waals surface area contributed by atoms with Gasteiger partial charge in [0.25, 0.3) is 5.91 Å². The highest BCUT2D eigenvalue weighted by atomic mass is 32.2. The highest BCUT2D eigenvalue weighted by Crippen LogP contribution is 2.23. The van der Waals surface area contributed by atoms with Crippen LogP contribution in [0, 0.1) is 6.92 Å². The van der Waals surface area contributed by atoms with Gasteiger partial charge in [0.1, 0.15) is 6.04 Å². The normalized spacial score (nSPS) is 16.3. The highest BCUT2D eigenvalue weighted by Gasteiger charge is 2.34. The summed E-state index contributed by atoms with van der Waals surface area (Å²) in [6.45, 7) is 2.70. The van der Waals surface area contributed by atoms with Gasteiger partial charge in [-0.3, -0.25) is 9.59 Å². The Labute approximate surface area is 169 Å².